The molecule has 2 saturated heterocycles. The van der Waals surface area contributed by atoms with E-state index >= 15 is 0 Å². The van der Waals surface area contributed by atoms with Crippen molar-refractivity contribution in [1.29, 1.82) is 0 Å². The van der Waals surface area contributed by atoms with Crippen LogP contribution in [0.1, 0.15) is 20.3 Å². The van der Waals surface area contributed by atoms with Crippen molar-refractivity contribution >= 4 is 11.8 Å². The molecule has 0 saturated carbocycles. The quantitative estimate of drug-likeness (QED) is 0.711. The maximum absolute atomic E-state index is 12.0. The van der Waals surface area contributed by atoms with Crippen LogP contribution in [0.4, 0.5) is 0 Å². The van der Waals surface area contributed by atoms with Gasteiger partial charge in [-0.25, -0.2) is 0 Å². The lowest BCUT2D eigenvalue weighted by molar-refractivity contribution is -0.127. The molecule has 2 N–H and O–H groups in total. The van der Waals surface area contributed by atoms with Crippen molar-refractivity contribution < 1.29 is 14.3 Å². The van der Waals surface area contributed by atoms with Crippen LogP contribution >= 0.6 is 0 Å². The van der Waals surface area contributed by atoms with Crippen LogP contribution in [-0.4, -0.2) is 61.6 Å². The first-order valence-corrected chi connectivity index (χ1v) is 6.86. The van der Waals surface area contributed by atoms with Crippen molar-refractivity contribution in [3.63, 3.8) is 0 Å². The molecule has 2 rings (SSSR count). The molecule has 2 aliphatic heterocycles. The number of ether oxygens (including phenoxy) is 1. The molecule has 0 bridgehead atoms. The highest BCUT2D eigenvalue weighted by atomic mass is 16.5. The van der Waals surface area contributed by atoms with E-state index in [1.54, 1.807) is 0 Å². The monoisotopic (exact) mass is 269 g/mol. The molecule has 2 fully saturated rings. The molecule has 108 valence electrons. The number of rotatable bonds is 4. The van der Waals surface area contributed by atoms with E-state index in [1.807, 2.05) is 0 Å². The summed E-state index contributed by atoms with van der Waals surface area (Å²) in [6.07, 6.45) is 0.309. The Hall–Kier alpha value is -1.14. The molecule has 2 aliphatic rings. The first-order chi connectivity index (χ1) is 8.99. The van der Waals surface area contributed by atoms with E-state index in [1.165, 1.54) is 0 Å². The predicted octanol–water partition coefficient (Wildman–Crippen LogP) is -0.650. The van der Waals surface area contributed by atoms with Crippen molar-refractivity contribution in [1.82, 2.24) is 15.5 Å². The average Bonchev–Trinajstić information content (AvgIpc) is 2.84. The lowest BCUT2D eigenvalue weighted by Crippen LogP contribution is -2.55. The second-order valence-corrected chi connectivity index (χ2v) is 5.83. The Morgan fingerprint density at radius 3 is 2.74 bits per heavy atom. The van der Waals surface area contributed by atoms with Gasteiger partial charge in [0.15, 0.2) is 0 Å². The fourth-order valence-electron chi connectivity index (χ4n) is 2.52. The summed E-state index contributed by atoms with van der Waals surface area (Å²) in [5.41, 5.74) is -0.0878. The lowest BCUT2D eigenvalue weighted by Gasteiger charge is -2.41. The molecule has 0 aromatic heterocycles. The highest BCUT2D eigenvalue weighted by Crippen LogP contribution is 2.16. The van der Waals surface area contributed by atoms with Crippen LogP contribution in [-0.2, 0) is 14.3 Å². The van der Waals surface area contributed by atoms with E-state index in [0.29, 0.717) is 19.5 Å². The lowest BCUT2D eigenvalue weighted by atomic mass is 10.0. The largest absolute Gasteiger partial charge is 0.379 e. The SMILES string of the molecule is CC(C)(CNC(=O)C1CNC(=O)C1)N1CCOCC1. The van der Waals surface area contributed by atoms with Gasteiger partial charge in [0, 0.05) is 38.1 Å². The molecule has 6 heteroatoms. The van der Waals surface area contributed by atoms with Gasteiger partial charge in [0.05, 0.1) is 19.1 Å². The highest BCUT2D eigenvalue weighted by Gasteiger charge is 2.32. The molecule has 2 amide bonds. The number of hydrogen-bond donors (Lipinski definition) is 2. The molecule has 19 heavy (non-hydrogen) atoms. The Morgan fingerprint density at radius 1 is 1.47 bits per heavy atom. The standard InChI is InChI=1S/C13H23N3O3/c1-13(2,16-3-5-19-6-4-16)9-15-12(18)10-7-11(17)14-8-10/h10H,3-9H2,1-2H3,(H,14,17)(H,15,18). The number of amides is 2. The Morgan fingerprint density at radius 2 is 2.16 bits per heavy atom. The van der Waals surface area contributed by atoms with Crippen LogP contribution in [0, 0.1) is 5.92 Å². The molecular weight excluding hydrogens is 246 g/mol. The van der Waals surface area contributed by atoms with Crippen LogP contribution in [0.3, 0.4) is 0 Å². The summed E-state index contributed by atoms with van der Waals surface area (Å²) in [6.45, 7) is 8.59. The third-order valence-corrected chi connectivity index (χ3v) is 3.91. The van der Waals surface area contributed by atoms with Crippen LogP contribution < -0.4 is 10.6 Å². The Bertz CT molecular complexity index is 351. The van der Waals surface area contributed by atoms with Crippen molar-refractivity contribution in [2.75, 3.05) is 39.4 Å². The van der Waals surface area contributed by atoms with Gasteiger partial charge in [-0.15, -0.1) is 0 Å². The molecule has 0 aromatic carbocycles. The fourth-order valence-corrected chi connectivity index (χ4v) is 2.52. The smallest absolute Gasteiger partial charge is 0.225 e. The number of nitrogens with one attached hydrogen (secondary N) is 2. The molecule has 0 aliphatic carbocycles. The van der Waals surface area contributed by atoms with E-state index < -0.39 is 0 Å². The zero-order valence-electron chi connectivity index (χ0n) is 11.7. The van der Waals surface area contributed by atoms with Gasteiger partial charge in [-0.1, -0.05) is 0 Å². The number of nitrogens with zero attached hydrogens (tertiary/aromatic N) is 1. The summed E-state index contributed by atoms with van der Waals surface area (Å²) >= 11 is 0. The van der Waals surface area contributed by atoms with Gasteiger partial charge in [0.25, 0.3) is 0 Å². The Labute approximate surface area is 113 Å². The third kappa shape index (κ3) is 3.67. The molecular formula is C13H23N3O3. The summed E-state index contributed by atoms with van der Waals surface area (Å²) in [7, 11) is 0. The van der Waals surface area contributed by atoms with E-state index in [-0.39, 0.29) is 23.3 Å². The zero-order chi connectivity index (χ0) is 13.9. The van der Waals surface area contributed by atoms with Gasteiger partial charge in [-0.2, -0.15) is 0 Å². The minimum Gasteiger partial charge on any atom is -0.379 e. The van der Waals surface area contributed by atoms with Gasteiger partial charge < -0.3 is 15.4 Å². The average molecular weight is 269 g/mol. The normalized spacial score (nSPS) is 25.2. The van der Waals surface area contributed by atoms with E-state index in [9.17, 15) is 9.59 Å². The first kappa shape index (κ1) is 14.3. The second kappa shape index (κ2) is 5.88. The van der Waals surface area contributed by atoms with Crippen LogP contribution in [0.25, 0.3) is 0 Å². The molecule has 1 unspecified atom stereocenters. The van der Waals surface area contributed by atoms with Crippen LogP contribution in [0.5, 0.6) is 0 Å². The van der Waals surface area contributed by atoms with Crippen molar-refractivity contribution in [3.05, 3.63) is 0 Å². The maximum Gasteiger partial charge on any atom is 0.225 e. The Kier molecular flexibility index (Phi) is 4.42. The van der Waals surface area contributed by atoms with Gasteiger partial charge in [0.1, 0.15) is 0 Å². The number of morpholine rings is 1. The molecule has 6 nitrogen and oxygen atoms in total. The minimum atomic E-state index is -0.215. The summed E-state index contributed by atoms with van der Waals surface area (Å²) in [5.74, 6) is -0.278. The maximum atomic E-state index is 12.0. The topological polar surface area (TPSA) is 70.7 Å². The number of hydrogen-bond acceptors (Lipinski definition) is 4. The van der Waals surface area contributed by atoms with E-state index in [0.717, 1.165) is 26.3 Å². The van der Waals surface area contributed by atoms with Gasteiger partial charge in [0.2, 0.25) is 11.8 Å². The van der Waals surface area contributed by atoms with Crippen LogP contribution in [0.15, 0.2) is 0 Å². The van der Waals surface area contributed by atoms with Crippen LogP contribution in [0.2, 0.25) is 0 Å². The minimum absolute atomic E-state index is 0.0281. The summed E-state index contributed by atoms with van der Waals surface area (Å²) in [5, 5.41) is 5.65. The van der Waals surface area contributed by atoms with Crippen molar-refractivity contribution in [3.8, 4) is 0 Å². The third-order valence-electron chi connectivity index (χ3n) is 3.91. The van der Waals surface area contributed by atoms with Crippen molar-refractivity contribution in [2.45, 2.75) is 25.8 Å². The number of carbonyl (C=O) groups excluding carboxylic acids is 2. The summed E-state index contributed by atoms with van der Waals surface area (Å²) in [6, 6.07) is 0. The summed E-state index contributed by atoms with van der Waals surface area (Å²) in [4.78, 5) is 25.4. The van der Waals surface area contributed by atoms with Gasteiger partial charge in [-0.05, 0) is 13.8 Å². The number of carbonyl (C=O) groups is 2. The molecule has 2 heterocycles. The molecule has 1 atom stereocenters. The molecule has 0 spiro atoms. The van der Waals surface area contributed by atoms with Crippen molar-refractivity contribution in [2.24, 2.45) is 5.92 Å². The van der Waals surface area contributed by atoms with E-state index in [2.05, 4.69) is 29.4 Å². The fraction of sp³-hybridized carbons (Fsp3) is 0.846. The van der Waals surface area contributed by atoms with E-state index in [4.69, 9.17) is 4.74 Å². The molecule has 0 aromatic rings. The summed E-state index contributed by atoms with van der Waals surface area (Å²) < 4.78 is 5.34. The molecule has 0 radical (unpaired) electrons. The van der Waals surface area contributed by atoms with Gasteiger partial charge in [-0.3, -0.25) is 14.5 Å². The predicted molar refractivity (Wildman–Crippen MR) is 70.6 cm³/mol. The zero-order valence-corrected chi connectivity index (χ0v) is 11.7. The van der Waals surface area contributed by atoms with Gasteiger partial charge >= 0.3 is 0 Å². The first-order valence-electron chi connectivity index (χ1n) is 6.86. The Balaban J connectivity index is 1.79. The highest BCUT2D eigenvalue weighted by molar-refractivity contribution is 5.89. The second-order valence-electron chi connectivity index (χ2n) is 5.83.